The molecule has 1 aliphatic heterocycles. The minimum absolute atomic E-state index is 0.0198. The second-order valence-electron chi connectivity index (χ2n) is 4.56. The van der Waals surface area contributed by atoms with Gasteiger partial charge < -0.3 is 5.32 Å². The molecule has 0 radical (unpaired) electrons. The van der Waals surface area contributed by atoms with Gasteiger partial charge in [-0.1, -0.05) is 12.1 Å². The highest BCUT2D eigenvalue weighted by Gasteiger charge is 2.21. The lowest BCUT2D eigenvalue weighted by Gasteiger charge is -2.22. The predicted octanol–water partition coefficient (Wildman–Crippen LogP) is 1.57. The molecule has 0 aliphatic carbocycles. The SMILES string of the molecule is O=S(=O)(CC1CCNCC1)Nc1ccccc1F. The zero-order valence-electron chi connectivity index (χ0n) is 10.0. The Bertz CT molecular complexity index is 499. The van der Waals surface area contributed by atoms with Crippen LogP contribution in [0.2, 0.25) is 0 Å². The third-order valence-electron chi connectivity index (χ3n) is 3.05. The molecular weight excluding hydrogens is 255 g/mol. The second kappa shape index (κ2) is 5.67. The Morgan fingerprint density at radius 2 is 1.94 bits per heavy atom. The second-order valence-corrected chi connectivity index (χ2v) is 6.32. The van der Waals surface area contributed by atoms with Crippen molar-refractivity contribution in [2.24, 2.45) is 5.92 Å². The zero-order valence-corrected chi connectivity index (χ0v) is 10.8. The van der Waals surface area contributed by atoms with Gasteiger partial charge in [-0.25, -0.2) is 12.8 Å². The average molecular weight is 272 g/mol. The van der Waals surface area contributed by atoms with Crippen LogP contribution in [0.5, 0.6) is 0 Å². The number of para-hydroxylation sites is 1. The summed E-state index contributed by atoms with van der Waals surface area (Å²) in [5, 5.41) is 3.18. The van der Waals surface area contributed by atoms with Crippen molar-refractivity contribution in [1.29, 1.82) is 0 Å². The lowest BCUT2D eigenvalue weighted by molar-refractivity contribution is 0.402. The maximum atomic E-state index is 13.4. The summed E-state index contributed by atoms with van der Waals surface area (Å²) in [4.78, 5) is 0. The number of benzene rings is 1. The van der Waals surface area contributed by atoms with Gasteiger partial charge in [-0.15, -0.1) is 0 Å². The Kier molecular flexibility index (Phi) is 4.19. The molecule has 6 heteroatoms. The summed E-state index contributed by atoms with van der Waals surface area (Å²) in [5.41, 5.74) is 0.0198. The van der Waals surface area contributed by atoms with Crippen LogP contribution in [-0.2, 0) is 10.0 Å². The Hall–Kier alpha value is -1.14. The van der Waals surface area contributed by atoms with Crippen LogP contribution in [0.3, 0.4) is 0 Å². The number of nitrogens with one attached hydrogen (secondary N) is 2. The number of anilines is 1. The van der Waals surface area contributed by atoms with Gasteiger partial charge in [0.05, 0.1) is 11.4 Å². The highest BCUT2D eigenvalue weighted by atomic mass is 32.2. The van der Waals surface area contributed by atoms with Gasteiger partial charge >= 0.3 is 0 Å². The molecule has 0 unspecified atom stereocenters. The van der Waals surface area contributed by atoms with Crippen molar-refractivity contribution in [3.63, 3.8) is 0 Å². The summed E-state index contributed by atoms with van der Waals surface area (Å²) in [6, 6.07) is 5.79. The summed E-state index contributed by atoms with van der Waals surface area (Å²) in [6.07, 6.45) is 1.69. The molecule has 1 aromatic carbocycles. The lowest BCUT2D eigenvalue weighted by atomic mass is 10.0. The zero-order chi connectivity index (χ0) is 13.0. The van der Waals surface area contributed by atoms with E-state index < -0.39 is 15.8 Å². The Labute approximate surface area is 107 Å². The molecule has 1 aromatic rings. The fraction of sp³-hybridized carbons (Fsp3) is 0.500. The van der Waals surface area contributed by atoms with E-state index in [-0.39, 0.29) is 17.4 Å². The largest absolute Gasteiger partial charge is 0.317 e. The van der Waals surface area contributed by atoms with Gasteiger partial charge in [0.2, 0.25) is 10.0 Å². The van der Waals surface area contributed by atoms with Crippen LogP contribution < -0.4 is 10.0 Å². The van der Waals surface area contributed by atoms with Crippen LogP contribution >= 0.6 is 0 Å². The molecule has 0 spiro atoms. The molecular formula is C12H17FN2O2S. The van der Waals surface area contributed by atoms with Crippen LogP contribution in [0.1, 0.15) is 12.8 Å². The number of rotatable bonds is 4. The normalized spacial score (nSPS) is 17.6. The van der Waals surface area contributed by atoms with E-state index in [0.717, 1.165) is 25.9 Å². The van der Waals surface area contributed by atoms with Crippen molar-refractivity contribution in [2.75, 3.05) is 23.6 Å². The quantitative estimate of drug-likeness (QED) is 0.874. The molecule has 0 bridgehead atoms. The van der Waals surface area contributed by atoms with Gasteiger partial charge in [0.15, 0.2) is 0 Å². The number of hydrogen-bond acceptors (Lipinski definition) is 3. The first-order valence-electron chi connectivity index (χ1n) is 6.02. The molecule has 1 fully saturated rings. The van der Waals surface area contributed by atoms with Crippen LogP contribution in [-0.4, -0.2) is 27.3 Å². The van der Waals surface area contributed by atoms with Crippen molar-refractivity contribution < 1.29 is 12.8 Å². The molecule has 1 saturated heterocycles. The van der Waals surface area contributed by atoms with Crippen molar-refractivity contribution >= 4 is 15.7 Å². The van der Waals surface area contributed by atoms with Crippen LogP contribution in [0, 0.1) is 11.7 Å². The molecule has 0 atom stereocenters. The smallest absolute Gasteiger partial charge is 0.233 e. The fourth-order valence-corrected chi connectivity index (χ4v) is 3.65. The van der Waals surface area contributed by atoms with Gasteiger partial charge in [0.1, 0.15) is 5.82 Å². The maximum absolute atomic E-state index is 13.4. The summed E-state index contributed by atoms with van der Waals surface area (Å²) in [6.45, 7) is 1.69. The van der Waals surface area contributed by atoms with Gasteiger partial charge in [-0.2, -0.15) is 0 Å². The third-order valence-corrected chi connectivity index (χ3v) is 4.49. The molecule has 1 aliphatic rings. The van der Waals surface area contributed by atoms with E-state index in [1.165, 1.54) is 18.2 Å². The summed E-state index contributed by atoms with van der Waals surface area (Å²) >= 11 is 0. The number of hydrogen-bond donors (Lipinski definition) is 2. The first kappa shape index (κ1) is 13.3. The van der Waals surface area contributed by atoms with Crippen molar-refractivity contribution in [2.45, 2.75) is 12.8 Å². The molecule has 0 saturated carbocycles. The molecule has 2 rings (SSSR count). The number of piperidine rings is 1. The molecule has 0 amide bonds. The molecule has 2 N–H and O–H groups in total. The number of sulfonamides is 1. The minimum atomic E-state index is -3.47. The van der Waals surface area contributed by atoms with E-state index in [1.807, 2.05) is 0 Å². The third kappa shape index (κ3) is 3.68. The summed E-state index contributed by atoms with van der Waals surface area (Å²) in [5.74, 6) is -0.342. The van der Waals surface area contributed by atoms with E-state index in [1.54, 1.807) is 6.07 Å². The highest BCUT2D eigenvalue weighted by molar-refractivity contribution is 7.92. The van der Waals surface area contributed by atoms with Gasteiger partial charge in [0.25, 0.3) is 0 Å². The van der Waals surface area contributed by atoms with Gasteiger partial charge in [-0.3, -0.25) is 4.72 Å². The van der Waals surface area contributed by atoms with Crippen LogP contribution in [0.15, 0.2) is 24.3 Å². The molecule has 100 valence electrons. The van der Waals surface area contributed by atoms with Crippen molar-refractivity contribution in [1.82, 2.24) is 5.32 Å². The molecule has 0 aromatic heterocycles. The topological polar surface area (TPSA) is 58.2 Å². The first-order valence-corrected chi connectivity index (χ1v) is 7.68. The van der Waals surface area contributed by atoms with E-state index in [9.17, 15) is 12.8 Å². The molecule has 4 nitrogen and oxygen atoms in total. The highest BCUT2D eigenvalue weighted by Crippen LogP contribution is 2.18. The minimum Gasteiger partial charge on any atom is -0.317 e. The standard InChI is InChI=1S/C12H17FN2O2S/c13-11-3-1-2-4-12(11)15-18(16,17)9-10-5-7-14-8-6-10/h1-4,10,14-15H,5-9H2. The van der Waals surface area contributed by atoms with Crippen LogP contribution in [0.4, 0.5) is 10.1 Å². The first-order chi connectivity index (χ1) is 8.57. The Morgan fingerprint density at radius 1 is 1.28 bits per heavy atom. The van der Waals surface area contributed by atoms with E-state index in [0.29, 0.717) is 0 Å². The van der Waals surface area contributed by atoms with E-state index >= 15 is 0 Å². The monoisotopic (exact) mass is 272 g/mol. The van der Waals surface area contributed by atoms with E-state index in [2.05, 4.69) is 10.0 Å². The molecule has 1 heterocycles. The predicted molar refractivity (Wildman–Crippen MR) is 69.4 cm³/mol. The fourth-order valence-electron chi connectivity index (χ4n) is 2.11. The van der Waals surface area contributed by atoms with E-state index in [4.69, 9.17) is 0 Å². The summed E-state index contributed by atoms with van der Waals surface area (Å²) in [7, 11) is -3.47. The van der Waals surface area contributed by atoms with Crippen LogP contribution in [0.25, 0.3) is 0 Å². The Balaban J connectivity index is 2.01. The van der Waals surface area contributed by atoms with Gasteiger partial charge in [0, 0.05) is 0 Å². The maximum Gasteiger partial charge on any atom is 0.233 e. The molecule has 18 heavy (non-hydrogen) atoms. The van der Waals surface area contributed by atoms with Crippen molar-refractivity contribution in [3.05, 3.63) is 30.1 Å². The summed E-state index contributed by atoms with van der Waals surface area (Å²) < 4.78 is 39.5. The lowest BCUT2D eigenvalue weighted by Crippen LogP contribution is -2.33. The Morgan fingerprint density at radius 3 is 2.61 bits per heavy atom. The number of halogens is 1. The van der Waals surface area contributed by atoms with Gasteiger partial charge in [-0.05, 0) is 44.0 Å². The average Bonchev–Trinajstić information content (AvgIpc) is 2.32. The van der Waals surface area contributed by atoms with Crippen molar-refractivity contribution in [3.8, 4) is 0 Å².